The Labute approximate surface area is 263 Å². The number of benzene rings is 2. The van der Waals surface area contributed by atoms with Gasteiger partial charge < -0.3 is 25.0 Å². The molecule has 242 valence electrons. The summed E-state index contributed by atoms with van der Waals surface area (Å²) in [6.07, 6.45) is -0.183. The van der Waals surface area contributed by atoms with E-state index in [1.54, 1.807) is 41.5 Å². The topological polar surface area (TPSA) is 114 Å². The number of rotatable bonds is 11. The second kappa shape index (κ2) is 15.2. The van der Waals surface area contributed by atoms with Crippen LogP contribution in [-0.2, 0) is 30.3 Å². The first-order valence-corrected chi connectivity index (χ1v) is 15.2. The Bertz CT molecular complexity index is 1290. The summed E-state index contributed by atoms with van der Waals surface area (Å²) in [4.78, 5) is 55.7. The number of hydrogen-bond donors (Lipinski definition) is 2. The Morgan fingerprint density at radius 3 is 1.93 bits per heavy atom. The third-order valence-electron chi connectivity index (χ3n) is 6.69. The van der Waals surface area contributed by atoms with E-state index in [0.29, 0.717) is 12.0 Å². The Morgan fingerprint density at radius 2 is 1.41 bits per heavy atom. The van der Waals surface area contributed by atoms with Crippen molar-refractivity contribution >= 4 is 23.9 Å². The highest BCUT2D eigenvalue weighted by atomic mass is 16.6. The van der Waals surface area contributed by atoms with Crippen molar-refractivity contribution in [3.63, 3.8) is 0 Å². The fourth-order valence-corrected chi connectivity index (χ4v) is 4.84. The summed E-state index contributed by atoms with van der Waals surface area (Å²) in [5.41, 5.74) is 1.73. The van der Waals surface area contributed by atoms with Gasteiger partial charge in [-0.25, -0.2) is 9.59 Å². The molecule has 0 fully saturated rings. The molecule has 2 N–H and O–H groups in total. The van der Waals surface area contributed by atoms with Gasteiger partial charge in [-0.15, -0.1) is 0 Å². The second-order valence-corrected chi connectivity index (χ2v) is 13.8. The standard InChI is InChI=1S/C35H51N3O6/c1-22(2)19-27(37-33(42)44-35(8,9)10)31(40)38(11)29(26-18-17-23(3)20-24(26)4)30(39)36-28(32(41)43-34(5,6)7)21-25-15-13-12-14-16-25/h12-18,20,22,27-29H,19,21H2,1-11H3,(H,36,39)(H,37,42). The summed E-state index contributed by atoms with van der Waals surface area (Å²) >= 11 is 0. The van der Waals surface area contributed by atoms with Crippen LogP contribution in [0.3, 0.4) is 0 Å². The summed E-state index contributed by atoms with van der Waals surface area (Å²) in [7, 11) is 1.54. The number of nitrogens with one attached hydrogen (secondary N) is 2. The van der Waals surface area contributed by atoms with E-state index in [1.807, 2.05) is 76.2 Å². The first-order chi connectivity index (χ1) is 20.3. The Balaban J connectivity index is 2.52. The number of ether oxygens (including phenoxy) is 2. The molecule has 0 saturated heterocycles. The highest BCUT2D eigenvalue weighted by Crippen LogP contribution is 2.27. The Morgan fingerprint density at radius 1 is 0.818 bits per heavy atom. The van der Waals surface area contributed by atoms with Crippen molar-refractivity contribution in [1.82, 2.24) is 15.5 Å². The molecule has 0 aromatic heterocycles. The van der Waals surface area contributed by atoms with Crippen LogP contribution in [0.4, 0.5) is 4.79 Å². The minimum Gasteiger partial charge on any atom is -0.458 e. The van der Waals surface area contributed by atoms with Gasteiger partial charge in [0.1, 0.15) is 29.3 Å². The lowest BCUT2D eigenvalue weighted by atomic mass is 9.95. The van der Waals surface area contributed by atoms with Gasteiger partial charge in [0.05, 0.1) is 0 Å². The molecule has 2 aromatic carbocycles. The number of aryl methyl sites for hydroxylation is 2. The normalized spacial score (nSPS) is 13.8. The summed E-state index contributed by atoms with van der Waals surface area (Å²) < 4.78 is 11.1. The zero-order chi connectivity index (χ0) is 33.4. The molecule has 0 spiro atoms. The summed E-state index contributed by atoms with van der Waals surface area (Å²) in [5, 5.41) is 5.61. The van der Waals surface area contributed by atoms with E-state index in [2.05, 4.69) is 10.6 Å². The van der Waals surface area contributed by atoms with Crippen LogP contribution in [0.5, 0.6) is 0 Å². The third kappa shape index (κ3) is 11.7. The number of alkyl carbamates (subject to hydrolysis) is 1. The SMILES string of the molecule is Cc1ccc(C(C(=O)NC(Cc2ccccc2)C(=O)OC(C)(C)C)N(C)C(=O)C(CC(C)C)NC(=O)OC(C)(C)C)c(C)c1. The van der Waals surface area contributed by atoms with Crippen LogP contribution in [-0.4, -0.2) is 59.1 Å². The van der Waals surface area contributed by atoms with Crippen LogP contribution in [0.2, 0.25) is 0 Å². The fraction of sp³-hybridized carbons (Fsp3) is 0.543. The fourth-order valence-electron chi connectivity index (χ4n) is 4.84. The minimum absolute atomic E-state index is 0.0584. The second-order valence-electron chi connectivity index (χ2n) is 13.8. The van der Waals surface area contributed by atoms with Crippen LogP contribution >= 0.6 is 0 Å². The molecule has 44 heavy (non-hydrogen) atoms. The number of hydrogen-bond acceptors (Lipinski definition) is 6. The van der Waals surface area contributed by atoms with E-state index in [4.69, 9.17) is 9.47 Å². The summed E-state index contributed by atoms with van der Waals surface area (Å²) in [6, 6.07) is 11.9. The van der Waals surface area contributed by atoms with Crippen molar-refractivity contribution in [1.29, 1.82) is 0 Å². The molecule has 0 heterocycles. The Kier molecular flexibility index (Phi) is 12.6. The molecule has 9 nitrogen and oxygen atoms in total. The molecular formula is C35H51N3O6. The molecule has 0 aliphatic rings. The summed E-state index contributed by atoms with van der Waals surface area (Å²) in [6.45, 7) is 18.3. The van der Waals surface area contributed by atoms with Crippen molar-refractivity contribution < 1.29 is 28.7 Å². The molecule has 2 rings (SSSR count). The number of nitrogens with zero attached hydrogens (tertiary/aromatic N) is 1. The van der Waals surface area contributed by atoms with Crippen LogP contribution in [0.1, 0.15) is 90.1 Å². The van der Waals surface area contributed by atoms with Crippen LogP contribution in [0.25, 0.3) is 0 Å². The van der Waals surface area contributed by atoms with Gasteiger partial charge in [0.25, 0.3) is 0 Å². The zero-order valence-electron chi connectivity index (χ0n) is 28.2. The third-order valence-corrected chi connectivity index (χ3v) is 6.69. The van der Waals surface area contributed by atoms with Gasteiger partial charge in [0, 0.05) is 13.5 Å². The maximum atomic E-state index is 14.2. The lowest BCUT2D eigenvalue weighted by molar-refractivity contribution is -0.159. The zero-order valence-corrected chi connectivity index (χ0v) is 28.2. The molecule has 3 atom stereocenters. The summed E-state index contributed by atoms with van der Waals surface area (Å²) in [5.74, 6) is -1.52. The Hall–Kier alpha value is -3.88. The number of esters is 1. The maximum Gasteiger partial charge on any atom is 0.408 e. The van der Waals surface area contributed by atoms with Crippen molar-refractivity contribution in [2.75, 3.05) is 7.05 Å². The first kappa shape index (κ1) is 36.3. The van der Waals surface area contributed by atoms with Crippen LogP contribution in [0, 0.1) is 19.8 Å². The van der Waals surface area contributed by atoms with Crippen molar-refractivity contribution in [3.05, 3.63) is 70.8 Å². The number of carbonyl (C=O) groups is 4. The van der Waals surface area contributed by atoms with E-state index in [9.17, 15) is 19.2 Å². The first-order valence-electron chi connectivity index (χ1n) is 15.2. The van der Waals surface area contributed by atoms with E-state index in [1.165, 1.54) is 11.9 Å². The minimum atomic E-state index is -1.10. The van der Waals surface area contributed by atoms with E-state index < -0.39 is 53.2 Å². The highest BCUT2D eigenvalue weighted by Gasteiger charge is 2.37. The van der Waals surface area contributed by atoms with Crippen molar-refractivity contribution in [2.45, 2.75) is 111 Å². The molecule has 0 radical (unpaired) electrons. The van der Waals surface area contributed by atoms with Crippen LogP contribution < -0.4 is 10.6 Å². The lowest BCUT2D eigenvalue weighted by Gasteiger charge is -2.34. The van der Waals surface area contributed by atoms with Gasteiger partial charge in [-0.3, -0.25) is 9.59 Å². The van der Waals surface area contributed by atoms with Crippen molar-refractivity contribution in [3.8, 4) is 0 Å². The molecule has 0 saturated carbocycles. The lowest BCUT2D eigenvalue weighted by Crippen LogP contribution is -2.54. The van der Waals surface area contributed by atoms with E-state index >= 15 is 0 Å². The maximum absolute atomic E-state index is 14.2. The van der Waals surface area contributed by atoms with E-state index in [-0.39, 0.29) is 12.3 Å². The van der Waals surface area contributed by atoms with Gasteiger partial charge >= 0.3 is 12.1 Å². The highest BCUT2D eigenvalue weighted by molar-refractivity contribution is 5.94. The largest absolute Gasteiger partial charge is 0.458 e. The van der Waals surface area contributed by atoms with Gasteiger partial charge in [-0.1, -0.05) is 67.9 Å². The molecule has 0 aliphatic carbocycles. The van der Waals surface area contributed by atoms with E-state index in [0.717, 1.165) is 16.7 Å². The number of amides is 3. The monoisotopic (exact) mass is 609 g/mol. The van der Waals surface area contributed by atoms with Crippen LogP contribution in [0.15, 0.2) is 48.5 Å². The molecule has 0 bridgehead atoms. The number of carbonyl (C=O) groups excluding carboxylic acids is 4. The van der Waals surface area contributed by atoms with Gasteiger partial charge in [-0.2, -0.15) is 0 Å². The van der Waals surface area contributed by atoms with Gasteiger partial charge in [-0.05, 0) is 84.4 Å². The molecule has 3 unspecified atom stereocenters. The molecular weight excluding hydrogens is 558 g/mol. The molecule has 0 aliphatic heterocycles. The van der Waals surface area contributed by atoms with Crippen molar-refractivity contribution in [2.24, 2.45) is 5.92 Å². The predicted octanol–water partition coefficient (Wildman–Crippen LogP) is 5.81. The molecule has 2 aromatic rings. The smallest absolute Gasteiger partial charge is 0.408 e. The molecule has 9 heteroatoms. The average Bonchev–Trinajstić information content (AvgIpc) is 2.87. The quantitative estimate of drug-likeness (QED) is 0.311. The number of likely N-dealkylation sites (N-methyl/N-ethyl adjacent to an activating group) is 1. The molecule has 3 amide bonds. The predicted molar refractivity (Wildman–Crippen MR) is 172 cm³/mol. The van der Waals surface area contributed by atoms with Gasteiger partial charge in [0.15, 0.2) is 0 Å². The van der Waals surface area contributed by atoms with Gasteiger partial charge in [0.2, 0.25) is 11.8 Å². The average molecular weight is 610 g/mol.